The third-order valence-corrected chi connectivity index (χ3v) is 3.20. The predicted molar refractivity (Wildman–Crippen MR) is 58.2 cm³/mol. The van der Waals surface area contributed by atoms with Gasteiger partial charge in [0, 0.05) is 15.8 Å². The second-order valence-corrected chi connectivity index (χ2v) is 3.87. The van der Waals surface area contributed by atoms with Crippen LogP contribution >= 0.6 is 23.7 Å². The molecule has 0 saturated heterocycles. The second kappa shape index (κ2) is 5.57. The van der Waals surface area contributed by atoms with Crippen molar-refractivity contribution in [3.8, 4) is 0 Å². The predicted octanol–water partition coefficient (Wildman–Crippen LogP) is 3.14. The number of rotatable bonds is 3. The molecule has 0 saturated carbocycles. The maximum absolute atomic E-state index is 5.87. The Bertz CT molecular complexity index is 222. The molecular formula is C9H16ClNS. The van der Waals surface area contributed by atoms with Gasteiger partial charge in [-0.1, -0.05) is 13.8 Å². The molecule has 0 aliphatic carbocycles. The first-order valence-corrected chi connectivity index (χ1v) is 4.93. The highest BCUT2D eigenvalue weighted by atomic mass is 35.5. The number of hydrogen-bond donors (Lipinski definition) is 1. The number of nitrogens with two attached hydrogens (primary N) is 1. The van der Waals surface area contributed by atoms with Crippen molar-refractivity contribution in [1.82, 2.24) is 0 Å². The van der Waals surface area contributed by atoms with Crippen LogP contribution in [0.25, 0.3) is 0 Å². The van der Waals surface area contributed by atoms with Gasteiger partial charge in [0.15, 0.2) is 0 Å². The molecule has 2 N–H and O–H groups in total. The van der Waals surface area contributed by atoms with E-state index < -0.39 is 0 Å². The minimum absolute atomic E-state index is 0. The highest BCUT2D eigenvalue weighted by Crippen LogP contribution is 2.23. The highest BCUT2D eigenvalue weighted by molar-refractivity contribution is 7.12. The van der Waals surface area contributed by atoms with Crippen molar-refractivity contribution in [3.05, 3.63) is 21.9 Å². The van der Waals surface area contributed by atoms with Crippen LogP contribution in [0.15, 0.2) is 12.1 Å². The van der Waals surface area contributed by atoms with Crippen molar-refractivity contribution in [3.63, 3.8) is 0 Å². The average Bonchev–Trinajstić information content (AvgIpc) is 2.50. The normalized spacial score (nSPS) is 12.2. The molecule has 0 spiro atoms. The molecule has 0 aliphatic heterocycles. The summed E-state index contributed by atoms with van der Waals surface area (Å²) in [4.78, 5) is 2.76. The van der Waals surface area contributed by atoms with Gasteiger partial charge in [0.05, 0.1) is 0 Å². The fourth-order valence-corrected chi connectivity index (χ4v) is 2.02. The zero-order valence-electron chi connectivity index (χ0n) is 7.54. The molecule has 0 radical (unpaired) electrons. The van der Waals surface area contributed by atoms with Gasteiger partial charge in [0.2, 0.25) is 0 Å². The number of thiophene rings is 1. The van der Waals surface area contributed by atoms with Gasteiger partial charge in [-0.05, 0) is 25.0 Å². The Morgan fingerprint density at radius 3 is 2.50 bits per heavy atom. The lowest BCUT2D eigenvalue weighted by Gasteiger charge is -2.03. The number of halogens is 1. The largest absolute Gasteiger partial charge is 0.323 e. The van der Waals surface area contributed by atoms with Gasteiger partial charge in [-0.2, -0.15) is 0 Å². The Kier molecular flexibility index (Phi) is 5.55. The van der Waals surface area contributed by atoms with Crippen molar-refractivity contribution in [2.75, 3.05) is 0 Å². The van der Waals surface area contributed by atoms with E-state index in [-0.39, 0.29) is 18.4 Å². The molecule has 1 rings (SSSR count). The van der Waals surface area contributed by atoms with Crippen molar-refractivity contribution >= 4 is 23.7 Å². The van der Waals surface area contributed by atoms with Crippen LogP contribution in [0.2, 0.25) is 0 Å². The molecule has 0 bridgehead atoms. The van der Waals surface area contributed by atoms with Gasteiger partial charge in [-0.15, -0.1) is 23.7 Å². The van der Waals surface area contributed by atoms with E-state index in [1.54, 1.807) is 0 Å². The van der Waals surface area contributed by atoms with Crippen LogP contribution in [-0.4, -0.2) is 0 Å². The Labute approximate surface area is 84.4 Å². The standard InChI is InChI=1S/C9H15NS.ClH/c1-3-7-5-6-9(11-7)8(10)4-2;/h5-6,8H,3-4,10H2,1-2H3;1H/t8-;/m1./s1. The number of hydrogen-bond acceptors (Lipinski definition) is 2. The zero-order valence-corrected chi connectivity index (χ0v) is 9.17. The van der Waals surface area contributed by atoms with Gasteiger partial charge in [-0.3, -0.25) is 0 Å². The van der Waals surface area contributed by atoms with Crippen LogP contribution in [0.5, 0.6) is 0 Å². The fourth-order valence-electron chi connectivity index (χ4n) is 0.985. The lowest BCUT2D eigenvalue weighted by molar-refractivity contribution is 0.712. The molecule has 0 amide bonds. The number of aryl methyl sites for hydroxylation is 1. The van der Waals surface area contributed by atoms with Gasteiger partial charge in [0.25, 0.3) is 0 Å². The minimum Gasteiger partial charge on any atom is -0.323 e. The third kappa shape index (κ3) is 2.77. The van der Waals surface area contributed by atoms with Crippen LogP contribution < -0.4 is 5.73 Å². The molecule has 1 aromatic rings. The van der Waals surface area contributed by atoms with Crippen molar-refractivity contribution in [2.45, 2.75) is 32.7 Å². The van der Waals surface area contributed by atoms with E-state index in [2.05, 4.69) is 26.0 Å². The molecule has 12 heavy (non-hydrogen) atoms. The molecule has 0 unspecified atom stereocenters. The fraction of sp³-hybridized carbons (Fsp3) is 0.556. The van der Waals surface area contributed by atoms with Gasteiger partial charge in [0.1, 0.15) is 0 Å². The first-order valence-electron chi connectivity index (χ1n) is 4.12. The molecule has 70 valence electrons. The summed E-state index contributed by atoms with van der Waals surface area (Å²) in [7, 11) is 0. The van der Waals surface area contributed by atoms with Gasteiger partial charge >= 0.3 is 0 Å². The van der Waals surface area contributed by atoms with Crippen LogP contribution in [0.3, 0.4) is 0 Å². The summed E-state index contributed by atoms with van der Waals surface area (Å²) in [6, 6.07) is 4.58. The molecule has 0 aliphatic rings. The molecule has 1 heterocycles. The highest BCUT2D eigenvalue weighted by Gasteiger charge is 2.05. The first kappa shape index (κ1) is 11.9. The minimum atomic E-state index is 0. The Balaban J connectivity index is 0.00000121. The quantitative estimate of drug-likeness (QED) is 0.806. The average molecular weight is 206 g/mol. The van der Waals surface area contributed by atoms with E-state index in [1.165, 1.54) is 9.75 Å². The molecule has 3 heteroatoms. The van der Waals surface area contributed by atoms with Crippen molar-refractivity contribution in [2.24, 2.45) is 5.73 Å². The van der Waals surface area contributed by atoms with E-state index in [4.69, 9.17) is 5.73 Å². The Morgan fingerprint density at radius 1 is 1.42 bits per heavy atom. The monoisotopic (exact) mass is 205 g/mol. The van der Waals surface area contributed by atoms with Crippen molar-refractivity contribution in [1.29, 1.82) is 0 Å². The SMILES string of the molecule is CCc1ccc([C@H](N)CC)s1.Cl. The molecule has 0 fully saturated rings. The Morgan fingerprint density at radius 2 is 2.08 bits per heavy atom. The summed E-state index contributed by atoms with van der Waals surface area (Å²) in [5.41, 5.74) is 5.87. The molecular weight excluding hydrogens is 190 g/mol. The summed E-state index contributed by atoms with van der Waals surface area (Å²) < 4.78 is 0. The molecule has 1 atom stereocenters. The van der Waals surface area contributed by atoms with Crippen LogP contribution in [-0.2, 0) is 6.42 Å². The van der Waals surface area contributed by atoms with Crippen LogP contribution in [0.1, 0.15) is 36.1 Å². The van der Waals surface area contributed by atoms with E-state index in [1.807, 2.05) is 11.3 Å². The smallest absolute Gasteiger partial charge is 0.0387 e. The first-order chi connectivity index (χ1) is 5.27. The summed E-state index contributed by atoms with van der Waals surface area (Å²) in [5.74, 6) is 0. The van der Waals surface area contributed by atoms with E-state index in [0.717, 1.165) is 12.8 Å². The Hall–Kier alpha value is -0.0500. The van der Waals surface area contributed by atoms with Gasteiger partial charge in [-0.25, -0.2) is 0 Å². The van der Waals surface area contributed by atoms with E-state index >= 15 is 0 Å². The van der Waals surface area contributed by atoms with Crippen LogP contribution in [0, 0.1) is 0 Å². The van der Waals surface area contributed by atoms with Gasteiger partial charge < -0.3 is 5.73 Å². The topological polar surface area (TPSA) is 26.0 Å². The maximum atomic E-state index is 5.87. The third-order valence-electron chi connectivity index (χ3n) is 1.84. The van der Waals surface area contributed by atoms with Crippen molar-refractivity contribution < 1.29 is 0 Å². The summed E-state index contributed by atoms with van der Waals surface area (Å²) in [6.07, 6.45) is 2.16. The maximum Gasteiger partial charge on any atom is 0.0387 e. The summed E-state index contributed by atoms with van der Waals surface area (Å²) in [6.45, 7) is 4.29. The lowest BCUT2D eigenvalue weighted by Crippen LogP contribution is -2.05. The molecule has 1 nitrogen and oxygen atoms in total. The van der Waals surface area contributed by atoms with E-state index in [9.17, 15) is 0 Å². The second-order valence-electron chi connectivity index (χ2n) is 2.67. The van der Waals surface area contributed by atoms with Crippen LogP contribution in [0.4, 0.5) is 0 Å². The van der Waals surface area contributed by atoms with E-state index in [0.29, 0.717) is 0 Å². The molecule has 1 aromatic heterocycles. The summed E-state index contributed by atoms with van der Waals surface area (Å²) >= 11 is 1.84. The summed E-state index contributed by atoms with van der Waals surface area (Å²) in [5, 5.41) is 0. The lowest BCUT2D eigenvalue weighted by atomic mass is 10.2. The molecule has 0 aromatic carbocycles. The zero-order chi connectivity index (χ0) is 8.27.